The lowest BCUT2D eigenvalue weighted by Crippen LogP contribution is -2.47. The number of nitrogens with one attached hydrogen (secondary N) is 2. The number of aryl methyl sites for hydroxylation is 1. The topological polar surface area (TPSA) is 154 Å². The van der Waals surface area contributed by atoms with Crippen LogP contribution in [0.15, 0.2) is 47.4 Å². The van der Waals surface area contributed by atoms with Gasteiger partial charge in [0.15, 0.2) is 0 Å². The largest absolute Gasteiger partial charge is 0.458 e. The first-order valence-electron chi connectivity index (χ1n) is 11.5. The molecule has 2 N–H and O–H groups in total. The second kappa shape index (κ2) is 11.2. The highest BCUT2D eigenvalue weighted by Crippen LogP contribution is 2.23. The second-order valence-corrected chi connectivity index (χ2v) is 12.1. The van der Waals surface area contributed by atoms with Crippen molar-refractivity contribution in [1.29, 1.82) is 0 Å². The molecule has 0 aromatic heterocycles. The Morgan fingerprint density at radius 1 is 1.00 bits per heavy atom. The zero-order valence-corrected chi connectivity index (χ0v) is 22.8. The SMILES string of the molecule is Cc1ccc(NS(=O)(=O)c2cccc([N+](=O)[O-])c2)cc1C[C@H](NC(=O)OC(C)(C)C)C(=O)OC(C)(C)C. The first-order chi connectivity index (χ1) is 16.9. The summed E-state index contributed by atoms with van der Waals surface area (Å²) >= 11 is 0. The normalized spacial score (nSPS) is 12.8. The van der Waals surface area contributed by atoms with Crippen LogP contribution in [0.4, 0.5) is 16.2 Å². The van der Waals surface area contributed by atoms with Crippen molar-refractivity contribution in [3.8, 4) is 0 Å². The van der Waals surface area contributed by atoms with Gasteiger partial charge in [0.25, 0.3) is 15.7 Å². The number of ether oxygens (including phenoxy) is 2. The predicted octanol–water partition coefficient (Wildman–Crippen LogP) is 4.48. The number of nitrogens with zero attached hydrogens (tertiary/aromatic N) is 1. The number of carbonyl (C=O) groups is 2. The Labute approximate surface area is 216 Å². The van der Waals surface area contributed by atoms with Gasteiger partial charge >= 0.3 is 12.1 Å². The molecule has 1 amide bonds. The van der Waals surface area contributed by atoms with Crippen molar-refractivity contribution in [3.05, 3.63) is 63.7 Å². The van der Waals surface area contributed by atoms with Crippen molar-refractivity contribution < 1.29 is 32.4 Å². The Bertz CT molecular complexity index is 1280. The van der Waals surface area contributed by atoms with Crippen LogP contribution >= 0.6 is 0 Å². The molecule has 2 rings (SSSR count). The third-order valence-electron chi connectivity index (χ3n) is 4.75. The molecule has 0 aliphatic carbocycles. The van der Waals surface area contributed by atoms with E-state index in [9.17, 15) is 28.1 Å². The van der Waals surface area contributed by atoms with Gasteiger partial charge in [-0.25, -0.2) is 18.0 Å². The Morgan fingerprint density at radius 2 is 1.62 bits per heavy atom. The molecular formula is C25H33N3O8S. The van der Waals surface area contributed by atoms with Crippen LogP contribution in [-0.4, -0.2) is 42.6 Å². The molecule has 12 heteroatoms. The fourth-order valence-electron chi connectivity index (χ4n) is 3.17. The van der Waals surface area contributed by atoms with Crippen molar-refractivity contribution in [2.45, 2.75) is 77.0 Å². The maximum Gasteiger partial charge on any atom is 0.408 e. The molecule has 0 heterocycles. The van der Waals surface area contributed by atoms with Crippen LogP contribution in [-0.2, 0) is 30.7 Å². The molecule has 0 saturated carbocycles. The average molecular weight is 536 g/mol. The third-order valence-corrected chi connectivity index (χ3v) is 6.13. The number of non-ortho nitro benzene ring substituents is 1. The summed E-state index contributed by atoms with van der Waals surface area (Å²) < 4.78 is 38.9. The zero-order valence-electron chi connectivity index (χ0n) is 21.9. The van der Waals surface area contributed by atoms with Crippen molar-refractivity contribution in [2.75, 3.05) is 4.72 Å². The summed E-state index contributed by atoms with van der Waals surface area (Å²) in [5.74, 6) is -0.680. The lowest BCUT2D eigenvalue weighted by Gasteiger charge is -2.26. The number of nitro groups is 1. The molecule has 202 valence electrons. The van der Waals surface area contributed by atoms with E-state index in [1.165, 1.54) is 30.3 Å². The van der Waals surface area contributed by atoms with E-state index in [-0.39, 0.29) is 22.7 Å². The van der Waals surface area contributed by atoms with E-state index < -0.39 is 44.3 Å². The summed E-state index contributed by atoms with van der Waals surface area (Å²) in [6, 6.07) is 8.26. The third kappa shape index (κ3) is 9.37. The van der Waals surface area contributed by atoms with Gasteiger partial charge in [-0.3, -0.25) is 14.8 Å². The summed E-state index contributed by atoms with van der Waals surface area (Å²) in [4.78, 5) is 35.4. The van der Waals surface area contributed by atoms with E-state index in [0.29, 0.717) is 5.56 Å². The molecule has 37 heavy (non-hydrogen) atoms. The summed E-state index contributed by atoms with van der Waals surface area (Å²) in [5, 5.41) is 13.6. The summed E-state index contributed by atoms with van der Waals surface area (Å²) in [7, 11) is -4.14. The van der Waals surface area contributed by atoms with E-state index in [0.717, 1.165) is 11.6 Å². The lowest BCUT2D eigenvalue weighted by atomic mass is 10.00. The molecule has 2 aromatic carbocycles. The minimum absolute atomic E-state index is 0.00757. The van der Waals surface area contributed by atoms with Crippen LogP contribution in [0.1, 0.15) is 52.7 Å². The Hall–Kier alpha value is -3.67. The van der Waals surface area contributed by atoms with Crippen LogP contribution in [0.25, 0.3) is 0 Å². The number of rotatable bonds is 8. The molecule has 0 spiro atoms. The minimum Gasteiger partial charge on any atom is -0.458 e. The Morgan fingerprint density at radius 3 is 2.19 bits per heavy atom. The van der Waals surface area contributed by atoms with Gasteiger partial charge in [-0.1, -0.05) is 12.1 Å². The first kappa shape index (κ1) is 29.6. The highest BCUT2D eigenvalue weighted by Gasteiger charge is 2.29. The Balaban J connectivity index is 2.34. The number of benzene rings is 2. The van der Waals surface area contributed by atoms with E-state index >= 15 is 0 Å². The predicted molar refractivity (Wildman–Crippen MR) is 138 cm³/mol. The number of alkyl carbamates (subject to hydrolysis) is 1. The van der Waals surface area contributed by atoms with Gasteiger partial charge in [-0.2, -0.15) is 0 Å². The summed E-state index contributed by atoms with van der Waals surface area (Å²) in [6.07, 6.45) is -0.810. The average Bonchev–Trinajstić information content (AvgIpc) is 2.73. The number of hydrogen-bond donors (Lipinski definition) is 2. The van der Waals surface area contributed by atoms with Crippen molar-refractivity contribution in [1.82, 2.24) is 5.32 Å². The van der Waals surface area contributed by atoms with Crippen LogP contribution < -0.4 is 10.0 Å². The molecule has 2 aromatic rings. The van der Waals surface area contributed by atoms with Gasteiger partial charge in [0.2, 0.25) is 0 Å². The fraction of sp³-hybridized carbons (Fsp3) is 0.440. The first-order valence-corrected chi connectivity index (χ1v) is 12.9. The number of hydrogen-bond acceptors (Lipinski definition) is 8. The number of esters is 1. The highest BCUT2D eigenvalue weighted by molar-refractivity contribution is 7.92. The smallest absolute Gasteiger partial charge is 0.408 e. The quantitative estimate of drug-likeness (QED) is 0.285. The summed E-state index contributed by atoms with van der Waals surface area (Å²) in [6.45, 7) is 11.9. The summed E-state index contributed by atoms with van der Waals surface area (Å²) in [5.41, 5.74) is -0.490. The van der Waals surface area contributed by atoms with Gasteiger partial charge in [0, 0.05) is 24.2 Å². The van der Waals surface area contributed by atoms with Crippen LogP contribution in [0, 0.1) is 17.0 Å². The fourth-order valence-corrected chi connectivity index (χ4v) is 4.26. The highest BCUT2D eigenvalue weighted by atomic mass is 32.2. The van der Waals surface area contributed by atoms with Gasteiger partial charge in [-0.05, 0) is 77.8 Å². The lowest BCUT2D eigenvalue weighted by molar-refractivity contribution is -0.385. The monoisotopic (exact) mass is 535 g/mol. The van der Waals surface area contributed by atoms with Crippen LogP contribution in [0.3, 0.4) is 0 Å². The van der Waals surface area contributed by atoms with Gasteiger partial charge in [-0.15, -0.1) is 0 Å². The standard InChI is InChI=1S/C25H33N3O8S/c1-16-11-12-18(27-37(33,34)20-10-8-9-19(15-20)28(31)32)13-17(16)14-21(22(29)35-24(2,3)4)26-23(30)36-25(5,6)7/h8-13,15,21,27H,14H2,1-7H3,(H,26,30)/t21-/m0/s1. The molecule has 0 aliphatic rings. The molecule has 0 saturated heterocycles. The number of amides is 1. The van der Waals surface area contributed by atoms with Gasteiger partial charge in [0.1, 0.15) is 17.2 Å². The molecule has 0 radical (unpaired) electrons. The van der Waals surface area contributed by atoms with Crippen molar-refractivity contribution >= 4 is 33.5 Å². The maximum atomic E-state index is 12.9. The van der Waals surface area contributed by atoms with Crippen LogP contribution in [0.5, 0.6) is 0 Å². The number of anilines is 1. The van der Waals surface area contributed by atoms with E-state index in [4.69, 9.17) is 9.47 Å². The van der Waals surface area contributed by atoms with Gasteiger partial charge in [0.05, 0.1) is 9.82 Å². The van der Waals surface area contributed by atoms with Crippen molar-refractivity contribution in [2.24, 2.45) is 0 Å². The number of nitro benzene ring substituents is 1. The molecular weight excluding hydrogens is 502 g/mol. The molecule has 1 atom stereocenters. The molecule has 0 fully saturated rings. The second-order valence-electron chi connectivity index (χ2n) is 10.4. The minimum atomic E-state index is -4.14. The van der Waals surface area contributed by atoms with Crippen LogP contribution in [0.2, 0.25) is 0 Å². The number of sulfonamides is 1. The van der Waals surface area contributed by atoms with Gasteiger partial charge < -0.3 is 14.8 Å². The number of carbonyl (C=O) groups excluding carboxylic acids is 2. The van der Waals surface area contributed by atoms with E-state index in [1.54, 1.807) is 54.5 Å². The molecule has 0 aliphatic heterocycles. The van der Waals surface area contributed by atoms with E-state index in [1.807, 2.05) is 0 Å². The van der Waals surface area contributed by atoms with Crippen molar-refractivity contribution in [3.63, 3.8) is 0 Å². The Kier molecular flexibility index (Phi) is 8.91. The van der Waals surface area contributed by atoms with E-state index in [2.05, 4.69) is 10.0 Å². The molecule has 0 bridgehead atoms. The maximum absolute atomic E-state index is 12.9. The molecule has 11 nitrogen and oxygen atoms in total. The molecule has 0 unspecified atom stereocenters. The zero-order chi connectivity index (χ0) is 28.2.